The molecule has 31 heavy (non-hydrogen) atoms. The fourth-order valence-electron chi connectivity index (χ4n) is 5.22. The number of hydrogen-bond acceptors (Lipinski definition) is 4. The van der Waals surface area contributed by atoms with Crippen LogP contribution in [0.15, 0.2) is 61.6 Å². The first kappa shape index (κ1) is 22.9. The fourth-order valence-corrected chi connectivity index (χ4v) is 6.96. The minimum absolute atomic E-state index is 0.0141. The predicted molar refractivity (Wildman–Crippen MR) is 133 cm³/mol. The zero-order chi connectivity index (χ0) is 22.7. The number of amidine groups is 1. The maximum Gasteiger partial charge on any atom is 0.169 e. The third kappa shape index (κ3) is 3.59. The molecule has 0 radical (unpaired) electrons. The molecule has 0 amide bonds. The lowest BCUT2D eigenvalue weighted by Gasteiger charge is -2.48. The van der Waals surface area contributed by atoms with Crippen LogP contribution in [-0.4, -0.2) is 27.4 Å². The van der Waals surface area contributed by atoms with Gasteiger partial charge in [-0.2, -0.15) is 0 Å². The van der Waals surface area contributed by atoms with Crippen LogP contribution in [0, 0.1) is 17.3 Å². The van der Waals surface area contributed by atoms with Crippen LogP contribution in [-0.2, 0) is 4.79 Å². The molecule has 0 spiro atoms. The molecule has 0 fully saturated rings. The highest BCUT2D eigenvalue weighted by atomic mass is 35.5. The normalized spacial score (nSPS) is 35.2. The second-order valence-electron chi connectivity index (χ2n) is 9.77. The van der Waals surface area contributed by atoms with Crippen molar-refractivity contribution in [1.82, 2.24) is 4.90 Å². The van der Waals surface area contributed by atoms with E-state index in [1.165, 1.54) is 17.3 Å². The number of hydrogen-bond donors (Lipinski definition) is 0. The summed E-state index contributed by atoms with van der Waals surface area (Å²) >= 11 is 14.2. The molecule has 166 valence electrons. The molecule has 0 bridgehead atoms. The number of fused-ring (bicyclic) bond motifs is 1. The average Bonchev–Trinajstić information content (AvgIpc) is 3.18. The second kappa shape index (κ2) is 7.97. The Labute approximate surface area is 200 Å². The molecular formula is C25H30Cl2N2OS. The summed E-state index contributed by atoms with van der Waals surface area (Å²) in [7, 11) is 0. The summed E-state index contributed by atoms with van der Waals surface area (Å²) < 4.78 is 0. The van der Waals surface area contributed by atoms with Gasteiger partial charge in [0, 0.05) is 21.2 Å². The van der Waals surface area contributed by atoms with Crippen LogP contribution in [0.1, 0.15) is 54.4 Å². The van der Waals surface area contributed by atoms with E-state index in [1.54, 1.807) is 6.92 Å². The first-order valence-electron chi connectivity index (χ1n) is 10.9. The lowest BCUT2D eigenvalue weighted by molar-refractivity contribution is -0.113. The van der Waals surface area contributed by atoms with Crippen molar-refractivity contribution in [3.05, 3.63) is 56.6 Å². The SMILES string of the molecule is CC(=O)C1=C(C(C)C)N2C(=NC(C)(C3(C)C=CC(Cl)=CC3)C2C2=CC=C(Cl)CC2C)S1. The van der Waals surface area contributed by atoms with E-state index in [4.69, 9.17) is 28.2 Å². The lowest BCUT2D eigenvalue weighted by atomic mass is 9.62. The van der Waals surface area contributed by atoms with Crippen molar-refractivity contribution in [3.63, 3.8) is 0 Å². The monoisotopic (exact) mass is 476 g/mol. The molecule has 0 saturated carbocycles. The Balaban J connectivity index is 1.91. The maximum absolute atomic E-state index is 12.5. The van der Waals surface area contributed by atoms with Gasteiger partial charge in [0.25, 0.3) is 0 Å². The molecule has 6 heteroatoms. The number of halogens is 2. The van der Waals surface area contributed by atoms with Crippen molar-refractivity contribution in [2.45, 2.75) is 66.0 Å². The van der Waals surface area contributed by atoms with E-state index in [9.17, 15) is 4.79 Å². The van der Waals surface area contributed by atoms with Gasteiger partial charge in [0.05, 0.1) is 16.5 Å². The molecule has 0 aromatic heterocycles. The number of rotatable bonds is 4. The molecule has 2 aliphatic heterocycles. The Kier molecular flexibility index (Phi) is 5.90. The van der Waals surface area contributed by atoms with E-state index in [0.29, 0.717) is 5.92 Å². The van der Waals surface area contributed by atoms with Crippen molar-refractivity contribution in [2.24, 2.45) is 22.2 Å². The van der Waals surface area contributed by atoms with Gasteiger partial charge in [0.2, 0.25) is 0 Å². The number of nitrogens with zero attached hydrogens (tertiary/aromatic N) is 2. The zero-order valence-corrected chi connectivity index (χ0v) is 21.3. The minimum atomic E-state index is -0.417. The molecule has 4 aliphatic rings. The quantitative estimate of drug-likeness (QED) is 0.430. The maximum atomic E-state index is 12.5. The minimum Gasteiger partial charge on any atom is -0.313 e. The molecule has 3 nitrogen and oxygen atoms in total. The first-order chi connectivity index (χ1) is 14.5. The van der Waals surface area contributed by atoms with Gasteiger partial charge >= 0.3 is 0 Å². The molecular weight excluding hydrogens is 447 g/mol. The van der Waals surface area contributed by atoms with E-state index in [-0.39, 0.29) is 23.2 Å². The summed E-state index contributed by atoms with van der Waals surface area (Å²) in [5.74, 6) is 0.622. The van der Waals surface area contributed by atoms with Gasteiger partial charge in [-0.05, 0) is 68.0 Å². The summed E-state index contributed by atoms with van der Waals surface area (Å²) in [6, 6.07) is 0.0141. The van der Waals surface area contributed by atoms with Crippen LogP contribution in [0.25, 0.3) is 0 Å². The number of aliphatic imine (C=N–C) groups is 1. The van der Waals surface area contributed by atoms with E-state index in [2.05, 4.69) is 57.7 Å². The predicted octanol–water partition coefficient (Wildman–Crippen LogP) is 7.17. The smallest absolute Gasteiger partial charge is 0.169 e. The number of carbonyl (C=O) groups excluding carboxylic acids is 1. The Morgan fingerprint density at radius 2 is 2.00 bits per heavy atom. The van der Waals surface area contributed by atoms with Gasteiger partial charge in [0.1, 0.15) is 0 Å². The van der Waals surface area contributed by atoms with E-state index >= 15 is 0 Å². The molecule has 4 rings (SSSR count). The van der Waals surface area contributed by atoms with Gasteiger partial charge in [-0.25, -0.2) is 0 Å². The lowest BCUT2D eigenvalue weighted by Crippen LogP contribution is -2.55. The highest BCUT2D eigenvalue weighted by Crippen LogP contribution is 2.57. The van der Waals surface area contributed by atoms with Crippen LogP contribution in [0.2, 0.25) is 0 Å². The van der Waals surface area contributed by atoms with Crippen molar-refractivity contribution < 1.29 is 4.79 Å². The highest BCUT2D eigenvalue weighted by Gasteiger charge is 2.59. The summed E-state index contributed by atoms with van der Waals surface area (Å²) in [6.07, 6.45) is 12.2. The van der Waals surface area contributed by atoms with E-state index in [0.717, 1.165) is 38.7 Å². The van der Waals surface area contributed by atoms with Crippen molar-refractivity contribution >= 4 is 45.9 Å². The van der Waals surface area contributed by atoms with Gasteiger partial charge in [0.15, 0.2) is 11.0 Å². The molecule has 0 saturated heterocycles. The fraction of sp³-hybridized carbons (Fsp3) is 0.520. The molecule has 0 aromatic rings. The Morgan fingerprint density at radius 3 is 2.55 bits per heavy atom. The molecule has 4 atom stereocenters. The van der Waals surface area contributed by atoms with Gasteiger partial charge in [-0.3, -0.25) is 9.79 Å². The summed E-state index contributed by atoms with van der Waals surface area (Å²) in [5, 5.41) is 2.60. The van der Waals surface area contributed by atoms with Crippen LogP contribution in [0.3, 0.4) is 0 Å². The largest absolute Gasteiger partial charge is 0.313 e. The molecule has 0 aromatic carbocycles. The number of allylic oxidation sites excluding steroid dienone is 8. The number of Topliss-reactive ketones (excluding diaryl/α,β-unsaturated/α-hetero) is 1. The van der Waals surface area contributed by atoms with Gasteiger partial charge < -0.3 is 4.90 Å². The molecule has 0 N–H and O–H groups in total. The summed E-state index contributed by atoms with van der Waals surface area (Å²) in [5.41, 5.74) is 1.79. The van der Waals surface area contributed by atoms with Crippen molar-refractivity contribution in [3.8, 4) is 0 Å². The number of thioether (sulfide) groups is 1. The summed E-state index contributed by atoms with van der Waals surface area (Å²) in [6.45, 7) is 12.8. The Bertz CT molecular complexity index is 1020. The molecule has 2 heterocycles. The zero-order valence-electron chi connectivity index (χ0n) is 19.0. The van der Waals surface area contributed by atoms with Crippen molar-refractivity contribution in [1.29, 1.82) is 0 Å². The van der Waals surface area contributed by atoms with Gasteiger partial charge in [-0.1, -0.05) is 69.1 Å². The highest BCUT2D eigenvalue weighted by molar-refractivity contribution is 8.18. The third-order valence-corrected chi connectivity index (χ3v) is 8.94. The molecule has 4 unspecified atom stereocenters. The second-order valence-corrected chi connectivity index (χ2v) is 11.7. The molecule has 2 aliphatic carbocycles. The van der Waals surface area contributed by atoms with Crippen LogP contribution < -0.4 is 0 Å². The van der Waals surface area contributed by atoms with Crippen molar-refractivity contribution in [2.75, 3.05) is 0 Å². The van der Waals surface area contributed by atoms with E-state index < -0.39 is 5.54 Å². The standard InChI is InChI=1S/C25H30Cl2N2OS/c1-14(2)20-21(16(4)30)31-23-28-25(6,24(5)11-9-17(26)10-12-24)22(29(20)23)19-8-7-18(27)13-15(19)3/h7-11,14-15,22H,12-13H2,1-6H3. The first-order valence-corrected chi connectivity index (χ1v) is 12.5. The third-order valence-electron chi connectivity index (χ3n) is 7.21. The van der Waals surface area contributed by atoms with Crippen LogP contribution in [0.5, 0.6) is 0 Å². The van der Waals surface area contributed by atoms with Crippen LogP contribution in [0.4, 0.5) is 0 Å². The van der Waals surface area contributed by atoms with Gasteiger partial charge in [-0.15, -0.1) is 0 Å². The van der Waals surface area contributed by atoms with E-state index in [1.807, 2.05) is 12.2 Å². The Morgan fingerprint density at radius 1 is 1.29 bits per heavy atom. The Hall–Kier alpha value is -1.23. The van der Waals surface area contributed by atoms with Crippen LogP contribution >= 0.6 is 35.0 Å². The number of ketones is 1. The number of carbonyl (C=O) groups is 1. The average molecular weight is 478 g/mol. The summed E-state index contributed by atoms with van der Waals surface area (Å²) in [4.78, 5) is 21.1. The topological polar surface area (TPSA) is 32.7 Å².